The van der Waals surface area contributed by atoms with Gasteiger partial charge in [-0.2, -0.15) is 13.2 Å². The van der Waals surface area contributed by atoms with Gasteiger partial charge in [0.05, 0.1) is 5.92 Å². The number of terminal acetylenes is 1. The summed E-state index contributed by atoms with van der Waals surface area (Å²) in [6.07, 6.45) is 3.09. The summed E-state index contributed by atoms with van der Waals surface area (Å²) in [7, 11) is 0. The second kappa shape index (κ2) is 3.22. The third-order valence-corrected chi connectivity index (χ3v) is 2.06. The van der Waals surface area contributed by atoms with Gasteiger partial charge in [0.15, 0.2) is 0 Å². The Labute approximate surface area is 69.5 Å². The van der Waals surface area contributed by atoms with Crippen LogP contribution in [0.3, 0.4) is 0 Å². The van der Waals surface area contributed by atoms with Crippen LogP contribution in [0.4, 0.5) is 13.2 Å². The first-order valence-electron chi connectivity index (χ1n) is 3.76. The lowest BCUT2D eigenvalue weighted by Crippen LogP contribution is -2.24. The lowest BCUT2D eigenvalue weighted by Gasteiger charge is -2.22. The molecular formula is C9H9F3. The van der Waals surface area contributed by atoms with Gasteiger partial charge in [-0.25, -0.2) is 0 Å². The summed E-state index contributed by atoms with van der Waals surface area (Å²) < 4.78 is 36.3. The molecule has 0 bridgehead atoms. The molecule has 0 saturated carbocycles. The number of hydrogen-bond donors (Lipinski definition) is 0. The van der Waals surface area contributed by atoms with Gasteiger partial charge in [-0.15, -0.1) is 6.42 Å². The van der Waals surface area contributed by atoms with Crippen molar-refractivity contribution in [1.29, 1.82) is 0 Å². The summed E-state index contributed by atoms with van der Waals surface area (Å²) in [5.74, 6) is 1.18. The normalized spacial score (nSPS) is 24.5. The van der Waals surface area contributed by atoms with Crippen molar-refractivity contribution in [3.05, 3.63) is 11.6 Å². The van der Waals surface area contributed by atoms with E-state index in [4.69, 9.17) is 6.42 Å². The predicted octanol–water partition coefficient (Wildman–Crippen LogP) is 2.91. The maximum absolute atomic E-state index is 12.1. The van der Waals surface area contributed by atoms with Crippen molar-refractivity contribution in [2.24, 2.45) is 5.92 Å². The quantitative estimate of drug-likeness (QED) is 0.495. The molecule has 0 radical (unpaired) electrons. The molecular weight excluding hydrogens is 165 g/mol. The Morgan fingerprint density at radius 1 is 1.50 bits per heavy atom. The van der Waals surface area contributed by atoms with Crippen LogP contribution in [0.25, 0.3) is 0 Å². The van der Waals surface area contributed by atoms with E-state index in [1.807, 2.05) is 0 Å². The van der Waals surface area contributed by atoms with Gasteiger partial charge < -0.3 is 0 Å². The summed E-state index contributed by atoms with van der Waals surface area (Å²) >= 11 is 0. The van der Waals surface area contributed by atoms with Crippen LogP contribution in [0.15, 0.2) is 11.6 Å². The number of alkyl halides is 3. The largest absolute Gasteiger partial charge is 0.392 e. The molecule has 0 nitrogen and oxygen atoms in total. The molecule has 0 fully saturated rings. The van der Waals surface area contributed by atoms with E-state index in [0.29, 0.717) is 12.0 Å². The number of halogens is 3. The number of rotatable bonds is 0. The van der Waals surface area contributed by atoms with Gasteiger partial charge in [-0.1, -0.05) is 12.0 Å². The molecule has 1 aliphatic carbocycles. The zero-order valence-electron chi connectivity index (χ0n) is 6.49. The van der Waals surface area contributed by atoms with Crippen LogP contribution in [0, 0.1) is 18.3 Å². The summed E-state index contributed by atoms with van der Waals surface area (Å²) in [5, 5.41) is 0. The molecule has 12 heavy (non-hydrogen) atoms. The maximum atomic E-state index is 12.1. The molecule has 0 spiro atoms. The molecule has 0 aliphatic heterocycles. The van der Waals surface area contributed by atoms with Crippen molar-refractivity contribution in [3.63, 3.8) is 0 Å². The third-order valence-electron chi connectivity index (χ3n) is 2.06. The van der Waals surface area contributed by atoms with E-state index in [9.17, 15) is 13.2 Å². The molecule has 0 aromatic heterocycles. The fourth-order valence-corrected chi connectivity index (χ4v) is 1.26. The van der Waals surface area contributed by atoms with E-state index < -0.39 is 12.1 Å². The average Bonchev–Trinajstić information content (AvgIpc) is 2.03. The van der Waals surface area contributed by atoms with Crippen molar-refractivity contribution >= 4 is 0 Å². The van der Waals surface area contributed by atoms with Crippen LogP contribution >= 0.6 is 0 Å². The van der Waals surface area contributed by atoms with Crippen molar-refractivity contribution in [1.82, 2.24) is 0 Å². The first-order chi connectivity index (χ1) is 5.54. The van der Waals surface area contributed by atoms with Crippen molar-refractivity contribution in [2.75, 3.05) is 0 Å². The third kappa shape index (κ3) is 2.04. The van der Waals surface area contributed by atoms with Gasteiger partial charge in [0.1, 0.15) is 0 Å². The molecule has 3 heteroatoms. The Balaban J connectivity index is 2.59. The highest BCUT2D eigenvalue weighted by Crippen LogP contribution is 2.36. The number of hydrogen-bond acceptors (Lipinski definition) is 0. The van der Waals surface area contributed by atoms with E-state index in [-0.39, 0.29) is 12.8 Å². The SMILES string of the molecule is C#CC1=CCC(C(F)(F)F)CC1. The molecule has 1 unspecified atom stereocenters. The van der Waals surface area contributed by atoms with Crippen molar-refractivity contribution < 1.29 is 13.2 Å². The Morgan fingerprint density at radius 3 is 2.50 bits per heavy atom. The summed E-state index contributed by atoms with van der Waals surface area (Å²) in [5.41, 5.74) is 0.704. The fraction of sp³-hybridized carbons (Fsp3) is 0.556. The van der Waals surface area contributed by atoms with Crippen molar-refractivity contribution in [2.45, 2.75) is 25.4 Å². The van der Waals surface area contributed by atoms with Gasteiger partial charge in [0, 0.05) is 0 Å². The van der Waals surface area contributed by atoms with Gasteiger partial charge >= 0.3 is 6.18 Å². The van der Waals surface area contributed by atoms with Gasteiger partial charge in [0.25, 0.3) is 0 Å². The lowest BCUT2D eigenvalue weighted by molar-refractivity contribution is -0.176. The van der Waals surface area contributed by atoms with Gasteiger partial charge in [-0.05, 0) is 24.8 Å². The minimum Gasteiger partial charge on any atom is -0.171 e. The monoisotopic (exact) mass is 174 g/mol. The van der Waals surface area contributed by atoms with Crippen LogP contribution in [0.1, 0.15) is 19.3 Å². The van der Waals surface area contributed by atoms with Gasteiger partial charge in [-0.3, -0.25) is 0 Å². The second-order valence-electron chi connectivity index (χ2n) is 2.89. The fourth-order valence-electron chi connectivity index (χ4n) is 1.26. The molecule has 0 N–H and O–H groups in total. The zero-order chi connectivity index (χ0) is 9.19. The van der Waals surface area contributed by atoms with Gasteiger partial charge in [0.2, 0.25) is 0 Å². The number of allylic oxidation sites excluding steroid dienone is 2. The molecule has 0 aromatic rings. The van der Waals surface area contributed by atoms with Crippen LogP contribution < -0.4 is 0 Å². The Bertz CT molecular complexity index is 229. The summed E-state index contributed by atoms with van der Waals surface area (Å²) in [6.45, 7) is 0. The van der Waals surface area contributed by atoms with E-state index in [1.54, 1.807) is 0 Å². The smallest absolute Gasteiger partial charge is 0.171 e. The van der Waals surface area contributed by atoms with Crippen LogP contribution in [0.2, 0.25) is 0 Å². The lowest BCUT2D eigenvalue weighted by atomic mass is 9.89. The molecule has 0 amide bonds. The van der Waals surface area contributed by atoms with E-state index in [0.717, 1.165) is 0 Å². The van der Waals surface area contributed by atoms with Crippen LogP contribution in [0.5, 0.6) is 0 Å². The van der Waals surface area contributed by atoms with E-state index in [2.05, 4.69) is 5.92 Å². The minimum absolute atomic E-state index is 0.0447. The minimum atomic E-state index is -4.06. The molecule has 0 saturated heterocycles. The van der Waals surface area contributed by atoms with Crippen LogP contribution in [-0.4, -0.2) is 6.18 Å². The highest BCUT2D eigenvalue weighted by atomic mass is 19.4. The highest BCUT2D eigenvalue weighted by molar-refractivity contribution is 5.26. The Morgan fingerprint density at radius 2 is 2.17 bits per heavy atom. The van der Waals surface area contributed by atoms with Crippen molar-refractivity contribution in [3.8, 4) is 12.3 Å². The molecule has 1 aliphatic rings. The highest BCUT2D eigenvalue weighted by Gasteiger charge is 2.39. The molecule has 66 valence electrons. The van der Waals surface area contributed by atoms with E-state index >= 15 is 0 Å². The average molecular weight is 174 g/mol. The predicted molar refractivity (Wildman–Crippen MR) is 40.3 cm³/mol. The maximum Gasteiger partial charge on any atom is 0.392 e. The first-order valence-corrected chi connectivity index (χ1v) is 3.76. The molecule has 1 atom stereocenters. The molecule has 1 rings (SSSR count). The van der Waals surface area contributed by atoms with Crippen LogP contribution in [-0.2, 0) is 0 Å². The molecule has 0 aromatic carbocycles. The topological polar surface area (TPSA) is 0 Å². The summed E-state index contributed by atoms with van der Waals surface area (Å²) in [6, 6.07) is 0. The zero-order valence-corrected chi connectivity index (χ0v) is 6.49. The first kappa shape index (κ1) is 9.18. The second-order valence-corrected chi connectivity index (χ2v) is 2.89. The Kier molecular flexibility index (Phi) is 2.46. The molecule has 0 heterocycles. The van der Waals surface area contributed by atoms with E-state index in [1.165, 1.54) is 6.08 Å². The Hall–Kier alpha value is -0.910. The standard InChI is InChI=1S/C9H9F3/c1-2-7-3-5-8(6-4-7)9(10,11)12/h1,3,8H,4-6H2. The summed E-state index contributed by atoms with van der Waals surface area (Å²) in [4.78, 5) is 0.